The molecule has 1 aromatic heterocycles. The van der Waals surface area contributed by atoms with Crippen molar-refractivity contribution in [2.24, 2.45) is 11.5 Å². The van der Waals surface area contributed by atoms with Gasteiger partial charge in [0.2, 0.25) is 0 Å². The van der Waals surface area contributed by atoms with Crippen LogP contribution in [0.15, 0.2) is 46.9 Å². The maximum Gasteiger partial charge on any atom is 0.268 e. The SMILES string of the molecule is Cl.NCCCC(N)CNC(=O)c1[nH]c2ccc(-c3ccc(F)cc3)cc2c1Br. The number of aromatic nitrogens is 1. The summed E-state index contributed by atoms with van der Waals surface area (Å²) < 4.78 is 13.8. The lowest BCUT2D eigenvalue weighted by Gasteiger charge is -2.11. The van der Waals surface area contributed by atoms with Crippen molar-refractivity contribution in [3.8, 4) is 11.1 Å². The number of hydrogen-bond acceptors (Lipinski definition) is 3. The lowest BCUT2D eigenvalue weighted by Crippen LogP contribution is -2.37. The van der Waals surface area contributed by atoms with Gasteiger partial charge in [0.05, 0.1) is 4.47 Å². The maximum atomic E-state index is 13.1. The molecule has 0 aliphatic carbocycles. The van der Waals surface area contributed by atoms with Gasteiger partial charge in [-0.3, -0.25) is 4.79 Å². The Bertz CT molecular complexity index is 945. The molecular formula is C20H23BrClFN4O. The number of halogens is 3. The zero-order chi connectivity index (χ0) is 19.4. The fraction of sp³-hybridized carbons (Fsp3) is 0.250. The first-order valence-electron chi connectivity index (χ1n) is 8.80. The van der Waals surface area contributed by atoms with E-state index in [4.69, 9.17) is 11.5 Å². The highest BCUT2D eigenvalue weighted by atomic mass is 79.9. The van der Waals surface area contributed by atoms with Crippen LogP contribution in [0, 0.1) is 5.82 Å². The number of carbonyl (C=O) groups excluding carboxylic acids is 1. The number of hydrogen-bond donors (Lipinski definition) is 4. The Morgan fingerprint density at radius 3 is 2.54 bits per heavy atom. The molecule has 8 heteroatoms. The molecule has 0 saturated carbocycles. The highest BCUT2D eigenvalue weighted by Crippen LogP contribution is 2.32. The summed E-state index contributed by atoms with van der Waals surface area (Å²) in [6.07, 6.45) is 1.60. The Kier molecular flexibility index (Phi) is 8.00. The van der Waals surface area contributed by atoms with E-state index in [9.17, 15) is 9.18 Å². The lowest BCUT2D eigenvalue weighted by atomic mass is 10.0. The summed E-state index contributed by atoms with van der Waals surface area (Å²) in [5.41, 5.74) is 14.6. The van der Waals surface area contributed by atoms with Crippen molar-refractivity contribution < 1.29 is 9.18 Å². The van der Waals surface area contributed by atoms with Crippen LogP contribution in [-0.4, -0.2) is 30.0 Å². The highest BCUT2D eigenvalue weighted by Gasteiger charge is 2.17. The number of nitrogens with one attached hydrogen (secondary N) is 2. The average molecular weight is 470 g/mol. The maximum absolute atomic E-state index is 13.1. The summed E-state index contributed by atoms with van der Waals surface area (Å²) in [6, 6.07) is 12.0. The minimum atomic E-state index is -0.272. The van der Waals surface area contributed by atoms with Crippen LogP contribution >= 0.6 is 28.3 Å². The largest absolute Gasteiger partial charge is 0.350 e. The number of H-pyrrole nitrogens is 1. The fourth-order valence-corrected chi connectivity index (χ4v) is 3.54. The Morgan fingerprint density at radius 2 is 1.86 bits per heavy atom. The van der Waals surface area contributed by atoms with Gasteiger partial charge < -0.3 is 21.8 Å². The number of carbonyl (C=O) groups is 1. The first-order valence-corrected chi connectivity index (χ1v) is 9.60. The van der Waals surface area contributed by atoms with Crippen LogP contribution in [-0.2, 0) is 0 Å². The van der Waals surface area contributed by atoms with E-state index < -0.39 is 0 Å². The summed E-state index contributed by atoms with van der Waals surface area (Å²) in [5, 5.41) is 3.74. The molecule has 2 aromatic carbocycles. The van der Waals surface area contributed by atoms with Gasteiger partial charge in [-0.2, -0.15) is 0 Å². The zero-order valence-electron chi connectivity index (χ0n) is 15.2. The van der Waals surface area contributed by atoms with Gasteiger partial charge in [0.1, 0.15) is 11.5 Å². The smallest absolute Gasteiger partial charge is 0.268 e. The second-order valence-corrected chi connectivity index (χ2v) is 7.28. The number of nitrogens with two attached hydrogens (primary N) is 2. The summed E-state index contributed by atoms with van der Waals surface area (Å²) in [4.78, 5) is 15.7. The standard InChI is InChI=1S/C20H22BrFN4O.ClH/c21-18-16-10-13(12-3-6-14(22)7-4-12)5-8-17(16)26-19(18)20(27)25-11-15(24)2-1-9-23;/h3-8,10,15,26H,1-2,9,11,23-24H2,(H,25,27);1H. The van der Waals surface area contributed by atoms with Gasteiger partial charge in [0.15, 0.2) is 0 Å². The Morgan fingerprint density at radius 1 is 1.18 bits per heavy atom. The van der Waals surface area contributed by atoms with Crippen LogP contribution in [0.1, 0.15) is 23.3 Å². The molecule has 6 N–H and O–H groups in total. The van der Waals surface area contributed by atoms with Crippen molar-refractivity contribution in [3.63, 3.8) is 0 Å². The van der Waals surface area contributed by atoms with E-state index in [-0.39, 0.29) is 30.2 Å². The quantitative estimate of drug-likeness (QED) is 0.422. The molecule has 0 radical (unpaired) electrons. The zero-order valence-corrected chi connectivity index (χ0v) is 17.6. The molecule has 28 heavy (non-hydrogen) atoms. The van der Waals surface area contributed by atoms with Crippen LogP contribution in [0.4, 0.5) is 4.39 Å². The highest BCUT2D eigenvalue weighted by molar-refractivity contribution is 9.10. The third-order valence-electron chi connectivity index (χ3n) is 4.44. The molecule has 0 spiro atoms. The molecule has 0 aliphatic rings. The predicted molar refractivity (Wildman–Crippen MR) is 117 cm³/mol. The molecule has 3 rings (SSSR count). The van der Waals surface area contributed by atoms with E-state index in [0.717, 1.165) is 34.9 Å². The van der Waals surface area contributed by atoms with Gasteiger partial charge in [-0.15, -0.1) is 12.4 Å². The minimum absolute atomic E-state index is 0. The van der Waals surface area contributed by atoms with Gasteiger partial charge >= 0.3 is 0 Å². The van der Waals surface area contributed by atoms with E-state index >= 15 is 0 Å². The van der Waals surface area contributed by atoms with Crippen LogP contribution in [0.5, 0.6) is 0 Å². The average Bonchev–Trinajstić information content (AvgIpc) is 3.01. The Balaban J connectivity index is 0.00000280. The number of amides is 1. The molecule has 1 heterocycles. The molecule has 0 bridgehead atoms. The number of rotatable bonds is 7. The third kappa shape index (κ3) is 5.11. The molecule has 0 saturated heterocycles. The topological polar surface area (TPSA) is 96.9 Å². The first-order chi connectivity index (χ1) is 13.0. The second kappa shape index (κ2) is 10.0. The summed E-state index contributed by atoms with van der Waals surface area (Å²) in [6.45, 7) is 0.979. The molecular weight excluding hydrogens is 447 g/mol. The molecule has 5 nitrogen and oxygen atoms in total. The van der Waals surface area contributed by atoms with E-state index in [0.29, 0.717) is 23.3 Å². The van der Waals surface area contributed by atoms with Crippen molar-refractivity contribution >= 4 is 45.1 Å². The number of benzene rings is 2. The molecule has 0 fully saturated rings. The molecule has 1 unspecified atom stereocenters. The van der Waals surface area contributed by atoms with E-state index in [2.05, 4.69) is 26.2 Å². The fourth-order valence-electron chi connectivity index (χ4n) is 2.93. The van der Waals surface area contributed by atoms with E-state index in [1.54, 1.807) is 12.1 Å². The first kappa shape index (κ1) is 22.4. The summed E-state index contributed by atoms with van der Waals surface area (Å²) in [7, 11) is 0. The molecule has 150 valence electrons. The lowest BCUT2D eigenvalue weighted by molar-refractivity contribution is 0.0946. The Hall–Kier alpha value is -1.93. The van der Waals surface area contributed by atoms with E-state index in [1.807, 2.05) is 18.2 Å². The summed E-state index contributed by atoms with van der Waals surface area (Å²) in [5.74, 6) is -0.490. The van der Waals surface area contributed by atoms with E-state index in [1.165, 1.54) is 12.1 Å². The van der Waals surface area contributed by atoms with Crippen LogP contribution in [0.25, 0.3) is 22.0 Å². The van der Waals surface area contributed by atoms with Crippen molar-refractivity contribution in [1.29, 1.82) is 0 Å². The molecule has 1 amide bonds. The molecule has 0 aliphatic heterocycles. The Labute approximate surface area is 177 Å². The van der Waals surface area contributed by atoms with Crippen LogP contribution < -0.4 is 16.8 Å². The summed E-state index contributed by atoms with van der Waals surface area (Å²) >= 11 is 3.52. The van der Waals surface area contributed by atoms with Gasteiger partial charge in [-0.1, -0.05) is 18.2 Å². The minimum Gasteiger partial charge on any atom is -0.350 e. The van der Waals surface area contributed by atoms with Crippen LogP contribution in [0.2, 0.25) is 0 Å². The van der Waals surface area contributed by atoms with Gasteiger partial charge in [-0.25, -0.2) is 4.39 Å². The normalized spacial score (nSPS) is 11.9. The van der Waals surface area contributed by atoms with Crippen molar-refractivity contribution in [3.05, 3.63) is 58.4 Å². The number of aromatic amines is 1. The molecule has 1 atom stereocenters. The molecule has 3 aromatic rings. The van der Waals surface area contributed by atoms with Crippen molar-refractivity contribution in [2.75, 3.05) is 13.1 Å². The monoisotopic (exact) mass is 468 g/mol. The van der Waals surface area contributed by atoms with Gasteiger partial charge in [0, 0.05) is 23.5 Å². The number of fused-ring (bicyclic) bond motifs is 1. The van der Waals surface area contributed by atoms with Crippen LogP contribution in [0.3, 0.4) is 0 Å². The van der Waals surface area contributed by atoms with Gasteiger partial charge in [-0.05, 0) is 70.7 Å². The van der Waals surface area contributed by atoms with Crippen molar-refractivity contribution in [2.45, 2.75) is 18.9 Å². The predicted octanol–water partition coefficient (Wildman–Crippen LogP) is 3.95. The van der Waals surface area contributed by atoms with Gasteiger partial charge in [0.25, 0.3) is 5.91 Å². The van der Waals surface area contributed by atoms with Crippen molar-refractivity contribution in [1.82, 2.24) is 10.3 Å². The third-order valence-corrected chi connectivity index (χ3v) is 5.27. The second-order valence-electron chi connectivity index (χ2n) is 6.48.